The summed E-state index contributed by atoms with van der Waals surface area (Å²) in [5, 5.41) is 13.3. The predicted octanol–water partition coefficient (Wildman–Crippen LogP) is 3.82. The van der Waals surface area contributed by atoms with E-state index in [-0.39, 0.29) is 28.9 Å². The van der Waals surface area contributed by atoms with E-state index in [2.05, 4.69) is 25.7 Å². The lowest BCUT2D eigenvalue weighted by molar-refractivity contribution is -0.132. The van der Waals surface area contributed by atoms with Gasteiger partial charge in [-0.25, -0.2) is 5.43 Å². The predicted molar refractivity (Wildman–Crippen MR) is 147 cm³/mol. The Balaban J connectivity index is 1.47. The Morgan fingerprint density at radius 3 is 2.31 bits per heavy atom. The average molecular weight is 547 g/mol. The van der Waals surface area contributed by atoms with Crippen molar-refractivity contribution in [2.75, 3.05) is 20.0 Å². The van der Waals surface area contributed by atoms with Crippen molar-refractivity contribution in [3.63, 3.8) is 0 Å². The van der Waals surface area contributed by atoms with Crippen molar-refractivity contribution < 1.29 is 23.8 Å². The van der Waals surface area contributed by atoms with E-state index in [1.807, 2.05) is 47.9 Å². The number of hydrogen-bond acceptors (Lipinski definition) is 10. The molecule has 1 N–H and O–H groups in total. The zero-order valence-electron chi connectivity index (χ0n) is 21.7. The third-order valence-electron chi connectivity index (χ3n) is 5.33. The normalized spacial score (nSPS) is 10.9. The van der Waals surface area contributed by atoms with Crippen molar-refractivity contribution in [3.8, 4) is 34.3 Å². The molecule has 0 spiro atoms. The molecule has 4 rings (SSSR count). The van der Waals surface area contributed by atoms with Gasteiger partial charge in [-0.05, 0) is 43.3 Å². The Hall–Kier alpha value is -4.71. The Labute approximate surface area is 229 Å². The summed E-state index contributed by atoms with van der Waals surface area (Å²) in [6, 6.07) is 14.9. The number of esters is 1. The summed E-state index contributed by atoms with van der Waals surface area (Å²) in [6.07, 6.45) is 4.81. The second-order valence-electron chi connectivity index (χ2n) is 8.14. The van der Waals surface area contributed by atoms with Gasteiger partial charge in [-0.3, -0.25) is 19.1 Å². The van der Waals surface area contributed by atoms with E-state index in [0.717, 1.165) is 16.8 Å². The zero-order valence-corrected chi connectivity index (χ0v) is 22.6. The molecule has 2 aromatic carbocycles. The molecule has 1 amide bonds. The molecular weight excluding hydrogens is 520 g/mol. The van der Waals surface area contributed by atoms with Crippen LogP contribution in [0.5, 0.6) is 17.2 Å². The molecule has 4 aromatic rings. The van der Waals surface area contributed by atoms with Gasteiger partial charge >= 0.3 is 5.97 Å². The van der Waals surface area contributed by atoms with E-state index in [4.69, 9.17) is 14.2 Å². The highest BCUT2D eigenvalue weighted by Crippen LogP contribution is 2.38. The number of thioether (sulfide) groups is 1. The monoisotopic (exact) mass is 546 g/mol. The molecule has 11 nitrogen and oxygen atoms in total. The van der Waals surface area contributed by atoms with Crippen molar-refractivity contribution in [1.29, 1.82) is 0 Å². The van der Waals surface area contributed by atoms with Gasteiger partial charge in [0.2, 0.25) is 5.75 Å². The van der Waals surface area contributed by atoms with Crippen molar-refractivity contribution >= 4 is 29.9 Å². The molecule has 39 heavy (non-hydrogen) atoms. The van der Waals surface area contributed by atoms with Crippen LogP contribution in [0.4, 0.5) is 0 Å². The van der Waals surface area contributed by atoms with E-state index >= 15 is 0 Å². The number of hydrazone groups is 1. The molecule has 2 aromatic heterocycles. The second kappa shape index (κ2) is 12.7. The molecule has 2 heterocycles. The lowest BCUT2D eigenvalue weighted by Gasteiger charge is -2.13. The van der Waals surface area contributed by atoms with E-state index in [0.29, 0.717) is 16.5 Å². The highest BCUT2D eigenvalue weighted by Gasteiger charge is 2.18. The standard InChI is InChI=1S/C27H26N6O5S/c1-17-5-7-21(8-6-17)33-26(20-9-11-28-12-10-20)31-32-27(33)39-16-24(35)30-29-15-19-13-22(36-3)25(38-18(2)34)23(14-19)37-4/h5-15H,16H2,1-4H3,(H,30,35). The van der Waals surface area contributed by atoms with Crippen LogP contribution in [0, 0.1) is 6.92 Å². The van der Waals surface area contributed by atoms with E-state index in [9.17, 15) is 9.59 Å². The minimum atomic E-state index is -0.510. The molecular formula is C27H26N6O5S. The van der Waals surface area contributed by atoms with Crippen LogP contribution in [0.2, 0.25) is 0 Å². The average Bonchev–Trinajstić information content (AvgIpc) is 3.37. The first-order valence-electron chi connectivity index (χ1n) is 11.7. The number of nitrogens with one attached hydrogen (secondary N) is 1. The number of aryl methyl sites for hydroxylation is 1. The van der Waals surface area contributed by atoms with Crippen molar-refractivity contribution in [2.24, 2.45) is 5.10 Å². The lowest BCUT2D eigenvalue weighted by Crippen LogP contribution is -2.20. The van der Waals surface area contributed by atoms with Crippen LogP contribution in [0.15, 0.2) is 71.2 Å². The minimum Gasteiger partial charge on any atom is -0.493 e. The first kappa shape index (κ1) is 27.3. The molecule has 0 atom stereocenters. The first-order chi connectivity index (χ1) is 18.9. The number of aromatic nitrogens is 4. The fourth-order valence-electron chi connectivity index (χ4n) is 3.54. The SMILES string of the molecule is COc1cc(C=NNC(=O)CSc2nnc(-c3ccncc3)n2-c2ccc(C)cc2)cc(OC)c1OC(C)=O. The third kappa shape index (κ3) is 6.79. The molecule has 0 aliphatic heterocycles. The third-order valence-corrected chi connectivity index (χ3v) is 6.26. The van der Waals surface area contributed by atoms with Crippen molar-refractivity contribution in [3.05, 3.63) is 72.1 Å². The van der Waals surface area contributed by atoms with Gasteiger partial charge in [0.1, 0.15) is 0 Å². The van der Waals surface area contributed by atoms with Crippen molar-refractivity contribution in [2.45, 2.75) is 19.0 Å². The molecule has 0 bridgehead atoms. The summed E-state index contributed by atoms with van der Waals surface area (Å²) in [6.45, 7) is 3.30. The summed E-state index contributed by atoms with van der Waals surface area (Å²) in [5.41, 5.74) is 5.92. The summed E-state index contributed by atoms with van der Waals surface area (Å²) in [7, 11) is 2.88. The number of amides is 1. The van der Waals surface area contributed by atoms with Gasteiger partial charge in [0.05, 0.1) is 26.2 Å². The Morgan fingerprint density at radius 1 is 1.03 bits per heavy atom. The fraction of sp³-hybridized carbons (Fsp3) is 0.185. The molecule has 0 aliphatic carbocycles. The van der Waals surface area contributed by atoms with Crippen LogP contribution in [-0.2, 0) is 9.59 Å². The fourth-order valence-corrected chi connectivity index (χ4v) is 4.28. The number of pyridine rings is 1. The van der Waals surface area contributed by atoms with E-state index < -0.39 is 5.97 Å². The molecule has 0 aliphatic rings. The first-order valence-corrected chi connectivity index (χ1v) is 12.7. The molecule has 12 heteroatoms. The van der Waals surface area contributed by atoms with Gasteiger partial charge in [-0.1, -0.05) is 29.5 Å². The second-order valence-corrected chi connectivity index (χ2v) is 9.09. The largest absolute Gasteiger partial charge is 0.493 e. The van der Waals surface area contributed by atoms with Gasteiger partial charge in [-0.2, -0.15) is 5.10 Å². The number of methoxy groups -OCH3 is 2. The Bertz CT molecular complexity index is 1460. The van der Waals surface area contributed by atoms with Crippen LogP contribution in [0.3, 0.4) is 0 Å². The Kier molecular flexibility index (Phi) is 8.90. The van der Waals surface area contributed by atoms with Crippen LogP contribution < -0.4 is 19.6 Å². The molecule has 0 radical (unpaired) electrons. The number of rotatable bonds is 10. The number of hydrogen-bond donors (Lipinski definition) is 1. The summed E-state index contributed by atoms with van der Waals surface area (Å²) in [5.74, 6) is 0.577. The number of carbonyl (C=O) groups is 2. The van der Waals surface area contributed by atoms with Crippen molar-refractivity contribution in [1.82, 2.24) is 25.2 Å². The van der Waals surface area contributed by atoms with Crippen LogP contribution in [-0.4, -0.2) is 57.8 Å². The van der Waals surface area contributed by atoms with Gasteiger partial charge in [0, 0.05) is 36.1 Å². The van der Waals surface area contributed by atoms with Gasteiger partial charge in [0.15, 0.2) is 22.5 Å². The number of benzene rings is 2. The quantitative estimate of drug-likeness (QED) is 0.104. The maximum Gasteiger partial charge on any atom is 0.308 e. The number of carbonyl (C=O) groups excluding carboxylic acids is 2. The smallest absolute Gasteiger partial charge is 0.308 e. The molecule has 0 saturated carbocycles. The van der Waals surface area contributed by atoms with Crippen LogP contribution >= 0.6 is 11.8 Å². The zero-order chi connectivity index (χ0) is 27.8. The lowest BCUT2D eigenvalue weighted by atomic mass is 10.2. The summed E-state index contributed by atoms with van der Waals surface area (Å²) in [4.78, 5) is 28.1. The highest BCUT2D eigenvalue weighted by atomic mass is 32.2. The van der Waals surface area contributed by atoms with E-state index in [1.165, 1.54) is 39.1 Å². The van der Waals surface area contributed by atoms with Gasteiger partial charge in [-0.15, -0.1) is 10.2 Å². The summed E-state index contributed by atoms with van der Waals surface area (Å²) >= 11 is 1.24. The molecule has 0 unspecified atom stereocenters. The maximum atomic E-state index is 12.6. The van der Waals surface area contributed by atoms with Gasteiger partial charge in [0.25, 0.3) is 5.91 Å². The summed E-state index contributed by atoms with van der Waals surface area (Å²) < 4.78 is 17.7. The topological polar surface area (TPSA) is 130 Å². The number of nitrogens with zero attached hydrogens (tertiary/aromatic N) is 5. The molecule has 200 valence electrons. The highest BCUT2D eigenvalue weighted by molar-refractivity contribution is 7.99. The molecule has 0 fully saturated rings. The Morgan fingerprint density at radius 2 is 1.69 bits per heavy atom. The van der Waals surface area contributed by atoms with Crippen LogP contribution in [0.25, 0.3) is 17.1 Å². The molecule has 0 saturated heterocycles. The van der Waals surface area contributed by atoms with Crippen LogP contribution in [0.1, 0.15) is 18.1 Å². The maximum absolute atomic E-state index is 12.6. The number of ether oxygens (including phenoxy) is 3. The minimum absolute atomic E-state index is 0.0513. The van der Waals surface area contributed by atoms with E-state index in [1.54, 1.807) is 24.5 Å². The van der Waals surface area contributed by atoms with Gasteiger partial charge < -0.3 is 14.2 Å².